The second kappa shape index (κ2) is 88.3. The molecule has 1 fully saturated rings. The molecule has 2 rings (SSSR count). The number of hydrogen-bond acceptors (Lipinski definition) is 29. The molecule has 1 saturated heterocycles. The van der Waals surface area contributed by atoms with Gasteiger partial charge in [0.2, 0.25) is 65.0 Å². The molecular formula is C56H90K8N20O31. The number of rotatable bonds is 31. The van der Waals surface area contributed by atoms with Gasteiger partial charge in [-0.3, -0.25) is 57.5 Å². The van der Waals surface area contributed by atoms with E-state index in [0.717, 1.165) is 10.5 Å². The monoisotopic (exact) mass is 1850 g/mol. The van der Waals surface area contributed by atoms with Crippen LogP contribution in [-0.2, 0) is 64.0 Å². The van der Waals surface area contributed by atoms with Gasteiger partial charge in [-0.15, -0.1) is 0 Å². The number of hydrogen-bond donors (Lipinski definition) is 21. The third kappa shape index (κ3) is 97.1. The summed E-state index contributed by atoms with van der Waals surface area (Å²) in [6, 6.07) is 0.139. The minimum Gasteiger partial charge on any atom is -0.530 e. The maximum Gasteiger partial charge on any atom is 1.00 e. The smallest absolute Gasteiger partial charge is 0.530 e. The van der Waals surface area contributed by atoms with E-state index >= 15 is 0 Å². The number of primary amides is 11. The number of nitrogens with zero attached hydrogens (tertiary/aromatic N) is 1. The average molecular weight is 1850 g/mol. The van der Waals surface area contributed by atoms with E-state index in [-0.39, 0.29) is 448 Å². The Morgan fingerprint density at radius 3 is 1.02 bits per heavy atom. The number of likely N-dealkylation sites (tertiary alicyclic amines) is 1. The molecule has 1 aromatic carbocycles. The third-order valence-corrected chi connectivity index (χ3v) is 12.3. The molecule has 1 unspecified atom stereocenters. The van der Waals surface area contributed by atoms with Gasteiger partial charge in [0.15, 0.2) is 0 Å². The number of amides is 20. The number of aliphatic carboxylic acids is 1. The number of carbonyl (C=O) groups is 21. The van der Waals surface area contributed by atoms with E-state index in [1.807, 2.05) is 48.1 Å². The molecule has 608 valence electrons. The predicted molar refractivity (Wildman–Crippen MR) is 343 cm³/mol. The molecule has 115 heavy (non-hydrogen) atoms. The van der Waals surface area contributed by atoms with Gasteiger partial charge in [0.1, 0.15) is 103 Å². The maximum absolute atomic E-state index is 10.9. The van der Waals surface area contributed by atoms with Crippen LogP contribution in [0.1, 0.15) is 105 Å². The van der Waals surface area contributed by atoms with Gasteiger partial charge < -0.3 is 200 Å². The molecule has 0 saturated carbocycles. The first-order valence-electron chi connectivity index (χ1n) is 30.2. The van der Waals surface area contributed by atoms with Crippen molar-refractivity contribution in [3.8, 4) is 0 Å². The van der Waals surface area contributed by atoms with Crippen molar-refractivity contribution in [2.45, 2.75) is 161 Å². The predicted octanol–water partition coefficient (Wildman–Crippen LogP) is -40.5. The van der Waals surface area contributed by atoms with Crippen molar-refractivity contribution in [3.63, 3.8) is 0 Å². The molecule has 0 aliphatic carbocycles. The molecule has 1 heterocycles. The summed E-state index contributed by atoms with van der Waals surface area (Å²) in [5.74, 6) is -9.74. The molecule has 0 radical (unpaired) electrons. The van der Waals surface area contributed by atoms with Crippen LogP contribution >= 0.6 is 0 Å². The first-order chi connectivity index (χ1) is 48.9. The number of nitrogens with one attached hydrogen (secondary N) is 8. The summed E-state index contributed by atoms with van der Waals surface area (Å²) < 4.78 is 0. The van der Waals surface area contributed by atoms with Crippen LogP contribution in [0.2, 0.25) is 0 Å². The van der Waals surface area contributed by atoms with Gasteiger partial charge in [-0.05, 0) is 55.9 Å². The largest absolute Gasteiger partial charge is 1.00 e. The zero-order chi connectivity index (χ0) is 85.5. The van der Waals surface area contributed by atoms with Gasteiger partial charge in [0, 0.05) is 19.4 Å². The molecule has 20 amide bonds. The van der Waals surface area contributed by atoms with Gasteiger partial charge in [0.05, 0.1) is 12.8 Å². The van der Waals surface area contributed by atoms with E-state index in [1.165, 1.54) is 6.92 Å². The normalized spacial score (nSPS) is 12.6. The first-order valence-corrected chi connectivity index (χ1v) is 30.2. The fraction of sp³-hybridized carbons (Fsp3) is 0.518. The fourth-order valence-corrected chi connectivity index (χ4v) is 6.98. The topological polar surface area (TPSA) is 969 Å². The van der Waals surface area contributed by atoms with Crippen LogP contribution in [0, 0.1) is 17.8 Å². The van der Waals surface area contributed by atoms with E-state index in [9.17, 15) is 142 Å². The minimum atomic E-state index is -1.74. The summed E-state index contributed by atoms with van der Waals surface area (Å²) in [4.78, 5) is 217. The Morgan fingerprint density at radius 2 is 0.774 bits per heavy atom. The Hall–Kier alpha value is -0.619. The zero-order valence-corrected chi connectivity index (χ0v) is 91.4. The van der Waals surface area contributed by atoms with Crippen molar-refractivity contribution in [1.29, 1.82) is 0 Å². The van der Waals surface area contributed by atoms with Crippen LogP contribution in [-0.4, -0.2) is 202 Å². The molecule has 0 spiro atoms. The summed E-state index contributed by atoms with van der Waals surface area (Å²) in [6.45, 7) is 12.4. The standard InChI is InChI=1S/C10H12N2O3.2C7H14N2O3.C6H11N3O4.C6H10N2O3.C6H12N2O3.C5H9N3O4.C5H8N2O5.C4H8N2O3.8K/c11-9(13)8(12-10(14)15)6-7-4-2-1-3-5-7;1-4(2)3-5(6(8)10)9-7(11)12;1-3-4(2)5(6(8)10)9-7(11)12;7-4(10)2-1-3(5(8)11)9-6(12)13;7-5(9)4-2-1-3-8(4)6(10)11;1-3(2)4(5(7)9)8-6(10)11;6-3(9)1-2(4(7)10)8-5(11)12;6-4(10)2(1-3(8)9)7-5(11)12;1-2(3(5)7)6-4(8)9;;;;;;;;/h1-5,8,12H,6H2,(H2,11,13)(H,14,15);2*4-5,9H,3H2,1-2H3,(H2,8,10)(H,11,12);3,9H,1-2H2,(H2,7,10)(H2,8,11)(H,12,13);4H,1-3H2,(H2,7,9)(H,10,11);3-4,8H,1-2H3,(H2,7,9)(H,10,11);2,8H,1H2,(H2,6,9)(H2,7,10)(H,11,12);2,7H,1H2,(H2,6,10)(H,8,9)(H,11,12);2,6H,1H3,(H2,5,7)(H,8,9);;;;;;;;/q;;;;;;;;;8*+1/p-8/t8-;5-;4?,5-;3-;2*4-;3*2-;;;;;;;;/m000000000......../s1. The number of carboxylic acids is 1. The van der Waals surface area contributed by atoms with E-state index < -0.39 is 193 Å². The number of carbonyl (C=O) groups excluding carboxylic acids is 19. The van der Waals surface area contributed by atoms with Crippen LogP contribution in [0.5, 0.6) is 0 Å². The van der Waals surface area contributed by atoms with E-state index in [1.54, 1.807) is 66.3 Å². The minimum absolute atomic E-state index is 0. The van der Waals surface area contributed by atoms with E-state index in [4.69, 9.17) is 67.5 Å². The molecule has 1 aliphatic heterocycles. The van der Waals surface area contributed by atoms with Crippen LogP contribution in [0.4, 0.5) is 43.2 Å². The van der Waals surface area contributed by atoms with Gasteiger partial charge in [-0.2, -0.15) is 0 Å². The molecule has 0 aromatic heterocycles. The Morgan fingerprint density at radius 1 is 0.426 bits per heavy atom. The summed E-state index contributed by atoms with van der Waals surface area (Å²) >= 11 is 0. The van der Waals surface area contributed by atoms with Crippen molar-refractivity contribution < 1.29 is 563 Å². The summed E-state index contributed by atoms with van der Waals surface area (Å²) in [7, 11) is 0. The first kappa shape index (κ1) is 149. The van der Waals surface area contributed by atoms with Crippen LogP contribution in [0.15, 0.2) is 30.3 Å². The van der Waals surface area contributed by atoms with Gasteiger partial charge >= 0.3 is 423 Å². The Bertz CT molecular complexity index is 3060. The average Bonchev–Trinajstić information content (AvgIpc) is 1.75. The SMILES string of the molecule is CC(C)C[C@H](NC(=O)[O-])C(N)=O.CC(C)[C@H](NC(=O)O)C(N)=O.CCC(C)[C@H](NC(=O)[O-])C(N)=O.C[C@H](NC(=O)[O-])C(N)=O.NC(=O)CC[C@H](NC(=O)[O-])C(N)=O.NC(=O)C[C@H](NC(=O)[O-])C(N)=O.NC(=O)[C@@H]1CCCN1C(=O)[O-].NC(=O)[C@H](CC(=O)O)NC(=O)[O-].NC(=O)[C@H](Cc1ccccc1)NC(=O)[O-].[K+].[K+].[K+].[K+].[K+].[K+].[K+].[K+]. The van der Waals surface area contributed by atoms with Gasteiger partial charge in [-0.1, -0.05) is 78.3 Å². The van der Waals surface area contributed by atoms with E-state index in [0.29, 0.717) is 32.2 Å². The summed E-state index contributed by atoms with van der Waals surface area (Å²) in [5, 5.41) is 111. The third-order valence-electron chi connectivity index (χ3n) is 12.3. The zero-order valence-electron chi connectivity index (χ0n) is 66.4. The Balaban J connectivity index is -0.0000000748. The van der Waals surface area contributed by atoms with E-state index in [2.05, 4.69) is 5.73 Å². The number of nitrogens with two attached hydrogens (primary N) is 11. The van der Waals surface area contributed by atoms with Crippen LogP contribution in [0.3, 0.4) is 0 Å². The van der Waals surface area contributed by atoms with Crippen molar-refractivity contribution in [3.05, 3.63) is 35.9 Å². The van der Waals surface area contributed by atoms with Crippen molar-refractivity contribution in [2.75, 3.05) is 6.54 Å². The summed E-state index contributed by atoms with van der Waals surface area (Å²) in [6.07, 6.45) is -12.4. The van der Waals surface area contributed by atoms with Crippen LogP contribution in [0.25, 0.3) is 0 Å². The molecule has 51 nitrogen and oxygen atoms in total. The second-order valence-electron chi connectivity index (χ2n) is 21.9. The maximum atomic E-state index is 10.9. The molecular weight excluding hydrogens is 1760 g/mol. The van der Waals surface area contributed by atoms with Gasteiger partial charge in [0.25, 0.3) is 0 Å². The van der Waals surface area contributed by atoms with Crippen molar-refractivity contribution in [2.24, 2.45) is 80.8 Å². The van der Waals surface area contributed by atoms with Gasteiger partial charge in [-0.25, -0.2) is 4.79 Å². The molecule has 0 bridgehead atoms. The molecule has 10 atom stereocenters. The Kier molecular flexibility index (Phi) is 114. The second-order valence-corrected chi connectivity index (χ2v) is 21.9. The summed E-state index contributed by atoms with van der Waals surface area (Å²) in [5.41, 5.74) is 54.1. The number of carboxylic acid groups (broad SMARTS) is 10. The number of benzene rings is 1. The van der Waals surface area contributed by atoms with Crippen molar-refractivity contribution in [1.82, 2.24) is 47.4 Å². The quantitative estimate of drug-likeness (QED) is 0.0307. The van der Waals surface area contributed by atoms with Crippen molar-refractivity contribution >= 4 is 126 Å². The Labute approximate surface area is 998 Å². The molecule has 32 N–H and O–H groups in total. The van der Waals surface area contributed by atoms with Crippen LogP contribution < -0.4 is 558 Å². The molecule has 59 heteroatoms. The molecule has 1 aliphatic rings. The molecule has 1 aromatic rings. The fourth-order valence-electron chi connectivity index (χ4n) is 6.98.